The molecule has 1 aromatic carbocycles. The van der Waals surface area contributed by atoms with Gasteiger partial charge in [0, 0.05) is 13.0 Å². The van der Waals surface area contributed by atoms with Gasteiger partial charge >= 0.3 is 0 Å². The van der Waals surface area contributed by atoms with E-state index >= 15 is 0 Å². The molecule has 94 valence electrons. The van der Waals surface area contributed by atoms with Crippen LogP contribution >= 0.6 is 0 Å². The van der Waals surface area contributed by atoms with Crippen molar-refractivity contribution < 1.29 is 4.79 Å². The summed E-state index contributed by atoms with van der Waals surface area (Å²) < 4.78 is 0. The van der Waals surface area contributed by atoms with Gasteiger partial charge in [-0.1, -0.05) is 24.3 Å². The molecule has 3 nitrogen and oxygen atoms in total. The number of rotatable bonds is 1. The molecule has 18 heavy (non-hydrogen) atoms. The summed E-state index contributed by atoms with van der Waals surface area (Å²) in [4.78, 5) is 14.3. The lowest BCUT2D eigenvalue weighted by atomic mass is 9.89. The van der Waals surface area contributed by atoms with Crippen molar-refractivity contribution in [2.75, 3.05) is 11.9 Å². The van der Waals surface area contributed by atoms with Crippen molar-refractivity contribution in [2.45, 2.75) is 25.4 Å². The molecule has 1 amide bonds. The van der Waals surface area contributed by atoms with Gasteiger partial charge in [0.2, 0.25) is 0 Å². The smallest absolute Gasteiger partial charge is 0.254 e. The Bertz CT molecular complexity index is 495. The van der Waals surface area contributed by atoms with Gasteiger partial charge in [-0.05, 0) is 31.4 Å². The second-order valence-corrected chi connectivity index (χ2v) is 5.09. The topological polar surface area (TPSA) is 32.3 Å². The molecule has 1 aromatic rings. The predicted molar refractivity (Wildman–Crippen MR) is 72.6 cm³/mol. The minimum atomic E-state index is 0.0586. The van der Waals surface area contributed by atoms with Crippen molar-refractivity contribution in [1.82, 2.24) is 5.32 Å². The SMILES string of the molecule is CN1c2ccccc2C(=O)N[C@H]1[C@H]1CC=CCC1. The minimum Gasteiger partial charge on any atom is -0.353 e. The van der Waals surface area contributed by atoms with Crippen molar-refractivity contribution in [2.24, 2.45) is 5.92 Å². The number of carbonyl (C=O) groups excluding carboxylic acids is 1. The minimum absolute atomic E-state index is 0.0586. The Kier molecular flexibility index (Phi) is 2.82. The first-order valence-corrected chi connectivity index (χ1v) is 6.55. The number of anilines is 1. The maximum absolute atomic E-state index is 12.1. The lowest BCUT2D eigenvalue weighted by molar-refractivity contribution is 0.0908. The summed E-state index contributed by atoms with van der Waals surface area (Å²) in [5.74, 6) is 0.570. The lowest BCUT2D eigenvalue weighted by Gasteiger charge is -2.41. The summed E-state index contributed by atoms with van der Waals surface area (Å²) in [6, 6.07) is 7.82. The maximum atomic E-state index is 12.1. The van der Waals surface area contributed by atoms with Crippen molar-refractivity contribution >= 4 is 11.6 Å². The molecule has 1 N–H and O–H groups in total. The molecule has 2 atom stereocenters. The Labute approximate surface area is 107 Å². The second-order valence-electron chi connectivity index (χ2n) is 5.09. The fraction of sp³-hybridized carbons (Fsp3) is 0.400. The van der Waals surface area contributed by atoms with Gasteiger partial charge in [0.15, 0.2) is 0 Å². The molecule has 0 fully saturated rings. The Morgan fingerprint density at radius 1 is 1.28 bits per heavy atom. The van der Waals surface area contributed by atoms with Gasteiger partial charge in [-0.15, -0.1) is 0 Å². The average Bonchev–Trinajstić information content (AvgIpc) is 2.44. The molecule has 3 rings (SSSR count). The zero-order valence-corrected chi connectivity index (χ0v) is 10.6. The number of allylic oxidation sites excluding steroid dienone is 2. The summed E-state index contributed by atoms with van der Waals surface area (Å²) in [6.07, 6.45) is 7.90. The van der Waals surface area contributed by atoms with Crippen LogP contribution in [0.3, 0.4) is 0 Å². The fourth-order valence-corrected chi connectivity index (χ4v) is 2.97. The van der Waals surface area contributed by atoms with Crippen LogP contribution in [0.15, 0.2) is 36.4 Å². The number of amides is 1. The van der Waals surface area contributed by atoms with Gasteiger partial charge in [-0.25, -0.2) is 0 Å². The molecular formula is C15H18N2O. The first-order chi connectivity index (χ1) is 8.77. The third-order valence-electron chi connectivity index (χ3n) is 3.98. The second kappa shape index (κ2) is 4.48. The van der Waals surface area contributed by atoms with E-state index < -0.39 is 0 Å². The van der Waals surface area contributed by atoms with Gasteiger partial charge in [-0.2, -0.15) is 0 Å². The predicted octanol–water partition coefficient (Wildman–Crippen LogP) is 2.55. The van der Waals surface area contributed by atoms with Crippen LogP contribution in [0, 0.1) is 5.92 Å². The van der Waals surface area contributed by atoms with Crippen molar-refractivity contribution in [3.63, 3.8) is 0 Å². The first kappa shape index (κ1) is 11.3. The van der Waals surface area contributed by atoms with Crippen LogP contribution in [0.5, 0.6) is 0 Å². The molecule has 0 saturated heterocycles. The third kappa shape index (κ3) is 1.80. The van der Waals surface area contributed by atoms with Gasteiger partial charge < -0.3 is 10.2 Å². The van der Waals surface area contributed by atoms with Crippen LogP contribution < -0.4 is 10.2 Å². The van der Waals surface area contributed by atoms with E-state index in [-0.39, 0.29) is 12.1 Å². The van der Waals surface area contributed by atoms with Gasteiger partial charge in [-0.3, -0.25) is 4.79 Å². The van der Waals surface area contributed by atoms with Crippen LogP contribution in [-0.2, 0) is 0 Å². The van der Waals surface area contributed by atoms with Crippen LogP contribution in [0.2, 0.25) is 0 Å². The van der Waals surface area contributed by atoms with Crippen LogP contribution in [0.4, 0.5) is 5.69 Å². The van der Waals surface area contributed by atoms with E-state index in [0.29, 0.717) is 5.92 Å². The van der Waals surface area contributed by atoms with E-state index in [9.17, 15) is 4.79 Å². The highest BCUT2D eigenvalue weighted by molar-refractivity contribution is 6.01. The third-order valence-corrected chi connectivity index (χ3v) is 3.98. The molecule has 0 spiro atoms. The number of nitrogens with zero attached hydrogens (tertiary/aromatic N) is 1. The van der Waals surface area contributed by atoms with Crippen LogP contribution in [-0.4, -0.2) is 19.1 Å². The average molecular weight is 242 g/mol. The fourth-order valence-electron chi connectivity index (χ4n) is 2.97. The molecule has 1 aliphatic heterocycles. The summed E-state index contributed by atoms with van der Waals surface area (Å²) in [5, 5.41) is 3.15. The highest BCUT2D eigenvalue weighted by atomic mass is 16.2. The Morgan fingerprint density at radius 2 is 2.11 bits per heavy atom. The number of carbonyl (C=O) groups is 1. The molecule has 0 aromatic heterocycles. The van der Waals surface area contributed by atoms with Crippen molar-refractivity contribution in [3.8, 4) is 0 Å². The maximum Gasteiger partial charge on any atom is 0.254 e. The Hall–Kier alpha value is -1.77. The molecule has 0 saturated carbocycles. The Morgan fingerprint density at radius 3 is 2.89 bits per heavy atom. The van der Waals surface area contributed by atoms with E-state index in [0.717, 1.165) is 30.5 Å². The molecule has 2 aliphatic rings. The van der Waals surface area contributed by atoms with Crippen molar-refractivity contribution in [3.05, 3.63) is 42.0 Å². The molecule has 0 bridgehead atoms. The number of benzene rings is 1. The highest BCUT2D eigenvalue weighted by Gasteiger charge is 2.33. The number of nitrogens with one attached hydrogen (secondary N) is 1. The zero-order chi connectivity index (χ0) is 12.5. The van der Waals surface area contributed by atoms with E-state index in [2.05, 4.69) is 29.4 Å². The number of hydrogen-bond donors (Lipinski definition) is 1. The van der Waals surface area contributed by atoms with Gasteiger partial charge in [0.1, 0.15) is 6.17 Å². The van der Waals surface area contributed by atoms with Gasteiger partial charge in [0.05, 0.1) is 11.3 Å². The van der Waals surface area contributed by atoms with Crippen molar-refractivity contribution in [1.29, 1.82) is 0 Å². The summed E-state index contributed by atoms with van der Waals surface area (Å²) in [6.45, 7) is 0. The standard InChI is InChI=1S/C15H18N2O/c1-17-13-10-6-5-9-12(13)15(18)16-14(17)11-7-3-2-4-8-11/h2-3,5-6,9-11,14H,4,7-8H2,1H3,(H,16,18)/t11-,14+/m0/s1. The molecule has 3 heteroatoms. The summed E-state index contributed by atoms with van der Waals surface area (Å²) in [7, 11) is 2.07. The summed E-state index contributed by atoms with van der Waals surface area (Å²) >= 11 is 0. The van der Waals surface area contributed by atoms with Gasteiger partial charge in [0.25, 0.3) is 5.91 Å². The largest absolute Gasteiger partial charge is 0.353 e. The normalized spacial score (nSPS) is 26.7. The zero-order valence-electron chi connectivity index (χ0n) is 10.6. The number of para-hydroxylation sites is 1. The van der Waals surface area contributed by atoms with E-state index in [1.165, 1.54) is 0 Å². The van der Waals surface area contributed by atoms with Crippen LogP contribution in [0.1, 0.15) is 29.6 Å². The first-order valence-electron chi connectivity index (χ1n) is 6.55. The molecule has 1 aliphatic carbocycles. The molecule has 0 unspecified atom stereocenters. The lowest BCUT2D eigenvalue weighted by Crippen LogP contribution is -2.55. The quantitative estimate of drug-likeness (QED) is 0.768. The van der Waals surface area contributed by atoms with E-state index in [1.54, 1.807) is 0 Å². The Balaban J connectivity index is 1.92. The summed E-state index contributed by atoms with van der Waals surface area (Å²) in [5.41, 5.74) is 1.82. The molecular weight excluding hydrogens is 224 g/mol. The number of hydrogen-bond acceptors (Lipinski definition) is 2. The molecule has 0 radical (unpaired) electrons. The monoisotopic (exact) mass is 242 g/mol. The van der Waals surface area contributed by atoms with Crippen LogP contribution in [0.25, 0.3) is 0 Å². The number of fused-ring (bicyclic) bond motifs is 1. The van der Waals surface area contributed by atoms with E-state index in [1.807, 2.05) is 24.3 Å². The molecule has 1 heterocycles. The van der Waals surface area contributed by atoms with E-state index in [4.69, 9.17) is 0 Å². The highest BCUT2D eigenvalue weighted by Crippen LogP contribution is 2.31.